The zero-order valence-electron chi connectivity index (χ0n) is 16.3. The molecular weight excluding hydrogens is 354 g/mol. The van der Waals surface area contributed by atoms with E-state index in [0.717, 1.165) is 34.8 Å². The molecule has 1 atom stereocenters. The number of anilines is 1. The lowest BCUT2D eigenvalue weighted by atomic mass is 10.1. The van der Waals surface area contributed by atoms with E-state index >= 15 is 0 Å². The maximum Gasteiger partial charge on any atom is 0.227 e. The van der Waals surface area contributed by atoms with Crippen molar-refractivity contribution in [3.63, 3.8) is 0 Å². The van der Waals surface area contributed by atoms with Gasteiger partial charge in [0.15, 0.2) is 0 Å². The van der Waals surface area contributed by atoms with Crippen molar-refractivity contribution in [1.29, 1.82) is 0 Å². The first kappa shape index (κ1) is 18.5. The van der Waals surface area contributed by atoms with E-state index in [0.29, 0.717) is 26.2 Å². The number of carbonyl (C=O) groups is 1. The van der Waals surface area contributed by atoms with Crippen molar-refractivity contribution in [1.82, 2.24) is 9.55 Å². The van der Waals surface area contributed by atoms with Crippen molar-refractivity contribution < 1.29 is 14.3 Å². The minimum atomic E-state index is 0.0589. The normalized spacial score (nSPS) is 16.9. The van der Waals surface area contributed by atoms with E-state index in [1.165, 1.54) is 0 Å². The number of amides is 1. The maximum absolute atomic E-state index is 12.7. The topological polar surface area (TPSA) is 56.6 Å². The number of nitrogens with zero attached hydrogens (tertiary/aromatic N) is 3. The molecule has 146 valence electrons. The molecule has 1 aromatic heterocycles. The highest BCUT2D eigenvalue weighted by atomic mass is 16.5. The molecule has 0 radical (unpaired) electrons. The smallest absolute Gasteiger partial charge is 0.227 e. The highest BCUT2D eigenvalue weighted by molar-refractivity contribution is 5.96. The van der Waals surface area contributed by atoms with Crippen molar-refractivity contribution in [2.75, 3.05) is 31.8 Å². The van der Waals surface area contributed by atoms with Gasteiger partial charge in [0.2, 0.25) is 5.91 Å². The molecule has 1 aliphatic heterocycles. The van der Waals surface area contributed by atoms with Crippen molar-refractivity contribution in [3.8, 4) is 5.75 Å². The lowest BCUT2D eigenvalue weighted by Crippen LogP contribution is -2.24. The number of methoxy groups -OCH3 is 1. The van der Waals surface area contributed by atoms with Crippen LogP contribution in [-0.2, 0) is 16.1 Å². The number of ether oxygens (including phenoxy) is 2. The van der Waals surface area contributed by atoms with Crippen LogP contribution in [0.5, 0.6) is 5.75 Å². The summed E-state index contributed by atoms with van der Waals surface area (Å²) in [5.41, 5.74) is 2.95. The van der Waals surface area contributed by atoms with Crippen LogP contribution >= 0.6 is 0 Å². The van der Waals surface area contributed by atoms with Gasteiger partial charge in [-0.2, -0.15) is 0 Å². The molecule has 0 N–H and O–H groups in total. The summed E-state index contributed by atoms with van der Waals surface area (Å²) < 4.78 is 13.0. The van der Waals surface area contributed by atoms with Gasteiger partial charge in [-0.3, -0.25) is 4.79 Å². The molecular formula is C22H25N3O3. The molecule has 1 saturated heterocycles. The van der Waals surface area contributed by atoms with Gasteiger partial charge in [-0.25, -0.2) is 4.98 Å². The Kier molecular flexibility index (Phi) is 5.30. The summed E-state index contributed by atoms with van der Waals surface area (Å²) in [6.45, 7) is 4.68. The van der Waals surface area contributed by atoms with Gasteiger partial charge in [-0.05, 0) is 43.3 Å². The molecule has 2 aromatic carbocycles. The largest absolute Gasteiger partial charge is 0.497 e. The Morgan fingerprint density at radius 1 is 1.14 bits per heavy atom. The van der Waals surface area contributed by atoms with Crippen LogP contribution in [0, 0.1) is 0 Å². The molecule has 0 bridgehead atoms. The molecule has 2 heterocycles. The summed E-state index contributed by atoms with van der Waals surface area (Å²) in [7, 11) is 1.64. The number of rotatable bonds is 7. The summed E-state index contributed by atoms with van der Waals surface area (Å²) in [6.07, 6.45) is 0.462. The van der Waals surface area contributed by atoms with E-state index in [9.17, 15) is 4.79 Å². The number of imidazole rings is 1. The van der Waals surface area contributed by atoms with E-state index < -0.39 is 0 Å². The molecule has 0 unspecified atom stereocenters. The standard InChI is InChI=1S/C22H25N3O3/c1-3-28-13-12-24-20-7-5-4-6-19(20)23-22(24)16-14-21(26)25(15-16)17-8-10-18(27-2)11-9-17/h4-11,16H,3,12-15H2,1-2H3/t16-/m1/s1. The van der Waals surface area contributed by atoms with Gasteiger partial charge >= 0.3 is 0 Å². The minimum absolute atomic E-state index is 0.0589. The highest BCUT2D eigenvalue weighted by Gasteiger charge is 2.34. The van der Waals surface area contributed by atoms with Gasteiger partial charge in [0.25, 0.3) is 0 Å². The number of benzene rings is 2. The van der Waals surface area contributed by atoms with Crippen molar-refractivity contribution in [2.24, 2.45) is 0 Å². The van der Waals surface area contributed by atoms with Crippen LogP contribution in [0.15, 0.2) is 48.5 Å². The first-order valence-electron chi connectivity index (χ1n) is 9.68. The summed E-state index contributed by atoms with van der Waals surface area (Å²) in [5, 5.41) is 0. The summed E-state index contributed by atoms with van der Waals surface area (Å²) in [4.78, 5) is 19.4. The van der Waals surface area contributed by atoms with Gasteiger partial charge < -0.3 is 18.9 Å². The van der Waals surface area contributed by atoms with E-state index in [1.807, 2.05) is 54.3 Å². The number of hydrogen-bond acceptors (Lipinski definition) is 4. The third kappa shape index (κ3) is 3.47. The predicted molar refractivity (Wildman–Crippen MR) is 109 cm³/mol. The molecule has 0 spiro atoms. The molecule has 1 aliphatic rings. The molecule has 6 heteroatoms. The molecule has 28 heavy (non-hydrogen) atoms. The van der Waals surface area contributed by atoms with Crippen LogP contribution in [0.2, 0.25) is 0 Å². The van der Waals surface area contributed by atoms with Crippen molar-refractivity contribution in [2.45, 2.75) is 25.8 Å². The van der Waals surface area contributed by atoms with Crippen LogP contribution < -0.4 is 9.64 Å². The fourth-order valence-corrected chi connectivity index (χ4v) is 3.83. The Bertz CT molecular complexity index is 965. The van der Waals surface area contributed by atoms with Crippen LogP contribution in [0.3, 0.4) is 0 Å². The Labute approximate surface area is 164 Å². The molecule has 0 saturated carbocycles. The predicted octanol–water partition coefficient (Wildman–Crippen LogP) is 3.60. The van der Waals surface area contributed by atoms with E-state index in [2.05, 4.69) is 10.6 Å². The highest BCUT2D eigenvalue weighted by Crippen LogP contribution is 2.33. The Hall–Kier alpha value is -2.86. The van der Waals surface area contributed by atoms with Crippen LogP contribution in [0.1, 0.15) is 25.1 Å². The van der Waals surface area contributed by atoms with Crippen molar-refractivity contribution in [3.05, 3.63) is 54.4 Å². The second-order valence-corrected chi connectivity index (χ2v) is 6.91. The molecule has 1 fully saturated rings. The van der Waals surface area contributed by atoms with E-state index in [-0.39, 0.29) is 11.8 Å². The summed E-state index contributed by atoms with van der Waals surface area (Å²) in [6, 6.07) is 15.7. The average molecular weight is 379 g/mol. The third-order valence-corrected chi connectivity index (χ3v) is 5.22. The number of aromatic nitrogens is 2. The third-order valence-electron chi connectivity index (χ3n) is 5.22. The Morgan fingerprint density at radius 2 is 1.93 bits per heavy atom. The fourth-order valence-electron chi connectivity index (χ4n) is 3.83. The first-order chi connectivity index (χ1) is 13.7. The molecule has 1 amide bonds. The molecule has 3 aromatic rings. The zero-order chi connectivity index (χ0) is 19.5. The van der Waals surface area contributed by atoms with Crippen LogP contribution in [-0.4, -0.2) is 42.3 Å². The van der Waals surface area contributed by atoms with Crippen LogP contribution in [0.25, 0.3) is 11.0 Å². The van der Waals surface area contributed by atoms with E-state index in [4.69, 9.17) is 14.5 Å². The fraction of sp³-hybridized carbons (Fsp3) is 0.364. The SMILES string of the molecule is CCOCCn1c([C@@H]2CC(=O)N(c3ccc(OC)cc3)C2)nc2ccccc21. The van der Waals surface area contributed by atoms with Gasteiger partial charge in [-0.1, -0.05) is 12.1 Å². The monoisotopic (exact) mass is 379 g/mol. The molecule has 4 rings (SSSR count). The van der Waals surface area contributed by atoms with Gasteiger partial charge in [0, 0.05) is 37.7 Å². The second-order valence-electron chi connectivity index (χ2n) is 6.91. The van der Waals surface area contributed by atoms with Gasteiger partial charge in [-0.15, -0.1) is 0 Å². The first-order valence-corrected chi connectivity index (χ1v) is 9.68. The van der Waals surface area contributed by atoms with E-state index in [1.54, 1.807) is 7.11 Å². The minimum Gasteiger partial charge on any atom is -0.497 e. The zero-order valence-corrected chi connectivity index (χ0v) is 16.3. The summed E-state index contributed by atoms with van der Waals surface area (Å²) in [5.74, 6) is 1.93. The van der Waals surface area contributed by atoms with Crippen molar-refractivity contribution >= 4 is 22.6 Å². The Balaban J connectivity index is 1.62. The number of carbonyl (C=O) groups excluding carboxylic acids is 1. The van der Waals surface area contributed by atoms with Gasteiger partial charge in [0.1, 0.15) is 11.6 Å². The average Bonchev–Trinajstić information content (AvgIpc) is 3.29. The second kappa shape index (κ2) is 8.02. The molecule has 0 aliphatic carbocycles. The number of fused-ring (bicyclic) bond motifs is 1. The number of hydrogen-bond donors (Lipinski definition) is 0. The quantitative estimate of drug-likeness (QED) is 0.589. The lowest BCUT2D eigenvalue weighted by Gasteiger charge is -2.18. The Morgan fingerprint density at radius 3 is 2.68 bits per heavy atom. The van der Waals surface area contributed by atoms with Crippen LogP contribution in [0.4, 0.5) is 5.69 Å². The molecule has 6 nitrogen and oxygen atoms in total. The maximum atomic E-state index is 12.7. The lowest BCUT2D eigenvalue weighted by molar-refractivity contribution is -0.117. The summed E-state index contributed by atoms with van der Waals surface area (Å²) >= 11 is 0. The number of para-hydroxylation sites is 2. The van der Waals surface area contributed by atoms with Gasteiger partial charge in [0.05, 0.1) is 24.8 Å².